The topological polar surface area (TPSA) is 92.0 Å². The van der Waals surface area contributed by atoms with Gasteiger partial charge in [0.05, 0.1) is 18.4 Å². The average molecular weight is 620 g/mol. The molecule has 248 valence electrons. The zero-order valence-electron chi connectivity index (χ0n) is 27.1. The molecule has 5 heterocycles. The van der Waals surface area contributed by atoms with Gasteiger partial charge in [0.15, 0.2) is 0 Å². The highest BCUT2D eigenvalue weighted by atomic mass is 19.1. The summed E-state index contributed by atoms with van der Waals surface area (Å²) in [5, 5.41) is 14.5. The molecule has 9 nitrogen and oxygen atoms in total. The van der Waals surface area contributed by atoms with Crippen LogP contribution < -0.4 is 21.3 Å². The number of piperidine rings is 2. The fraction of sp³-hybridized carbons (Fsp3) is 0.879. The molecule has 0 aromatic rings. The minimum atomic E-state index is -1.23. The number of rotatable bonds is 3. The van der Waals surface area contributed by atoms with Gasteiger partial charge in [-0.2, -0.15) is 0 Å². The SMILES string of the molecule is C=C(C)C(=O)N1CCN(C2NC(=O)N3C4NC(C(F)CC24)C2C(F)CCCC2NCCCC2CCNC(C(C)C)C23)C(C)C1. The first-order valence-corrected chi connectivity index (χ1v) is 17.4. The van der Waals surface area contributed by atoms with E-state index in [1.165, 1.54) is 0 Å². The lowest BCUT2D eigenvalue weighted by atomic mass is 9.71. The second kappa shape index (κ2) is 13.1. The number of carbonyl (C=O) groups is 2. The molecule has 6 aliphatic rings. The molecular formula is C33H55F2N7O2. The van der Waals surface area contributed by atoms with E-state index in [-0.39, 0.29) is 54.6 Å². The lowest BCUT2D eigenvalue weighted by Gasteiger charge is -2.60. The van der Waals surface area contributed by atoms with E-state index in [4.69, 9.17) is 0 Å². The zero-order valence-corrected chi connectivity index (χ0v) is 27.1. The standard InChI is InChI=1S/C33H55F2N7O2/c1-18(2)27-29-21(11-13-37-27)8-7-12-36-25-10-6-9-23(34)26(25)28-24(35)16-22-30(39-33(44)42(29)31(22)38-28)41-15-14-40(17-20(41)5)32(43)19(3)4/h18,20-31,36-38H,3,6-17H2,1-2,4-5H3,(H,39,44). The summed E-state index contributed by atoms with van der Waals surface area (Å²) in [5.41, 5.74) is 0.514. The van der Waals surface area contributed by atoms with Crippen molar-refractivity contribution in [1.82, 2.24) is 36.0 Å². The first kappa shape index (κ1) is 32.1. The van der Waals surface area contributed by atoms with Crippen LogP contribution in [-0.4, -0.2) is 114 Å². The van der Waals surface area contributed by atoms with Gasteiger partial charge in [0, 0.05) is 61.2 Å². The number of halogens is 2. The molecule has 0 spiro atoms. The van der Waals surface area contributed by atoms with Crippen LogP contribution in [0.1, 0.15) is 72.6 Å². The highest BCUT2D eigenvalue weighted by Gasteiger charge is 2.57. The summed E-state index contributed by atoms with van der Waals surface area (Å²) in [6, 6.07) is -0.815. The molecule has 0 aromatic heterocycles. The Hall–Kier alpha value is -1.82. The van der Waals surface area contributed by atoms with Gasteiger partial charge < -0.3 is 25.8 Å². The van der Waals surface area contributed by atoms with Crippen LogP contribution in [-0.2, 0) is 4.79 Å². The summed E-state index contributed by atoms with van der Waals surface area (Å²) in [5.74, 6) is -0.115. The summed E-state index contributed by atoms with van der Waals surface area (Å²) in [4.78, 5) is 33.3. The molecule has 3 amide bonds. The molecular weight excluding hydrogens is 564 g/mol. The number of alkyl halides is 2. The van der Waals surface area contributed by atoms with Crippen LogP contribution in [0.2, 0.25) is 0 Å². The largest absolute Gasteiger partial charge is 0.336 e. The van der Waals surface area contributed by atoms with E-state index in [2.05, 4.69) is 53.5 Å². The van der Waals surface area contributed by atoms with E-state index in [0.717, 1.165) is 45.2 Å². The first-order valence-electron chi connectivity index (χ1n) is 17.4. The number of fused-ring (bicyclic) bond motifs is 5. The first-order chi connectivity index (χ1) is 21.1. The van der Waals surface area contributed by atoms with Crippen LogP contribution in [0.25, 0.3) is 0 Å². The maximum absolute atomic E-state index is 16.6. The monoisotopic (exact) mass is 619 g/mol. The van der Waals surface area contributed by atoms with Crippen LogP contribution >= 0.6 is 0 Å². The summed E-state index contributed by atoms with van der Waals surface area (Å²) in [7, 11) is 0. The van der Waals surface area contributed by atoms with Crippen molar-refractivity contribution in [3.8, 4) is 0 Å². The third kappa shape index (κ3) is 5.91. The van der Waals surface area contributed by atoms with Gasteiger partial charge in [-0.1, -0.05) is 20.4 Å². The maximum Gasteiger partial charge on any atom is 0.320 e. The summed E-state index contributed by atoms with van der Waals surface area (Å²) in [6.07, 6.45) is 2.23. The Kier molecular flexibility index (Phi) is 9.58. The molecule has 6 fully saturated rings. The number of hydrogen-bond acceptors (Lipinski definition) is 6. The van der Waals surface area contributed by atoms with E-state index in [9.17, 15) is 9.59 Å². The van der Waals surface area contributed by atoms with Gasteiger partial charge in [0.25, 0.3) is 0 Å². The van der Waals surface area contributed by atoms with Gasteiger partial charge in [-0.3, -0.25) is 15.0 Å². The van der Waals surface area contributed by atoms with Crippen LogP contribution in [0.3, 0.4) is 0 Å². The molecule has 5 saturated heterocycles. The van der Waals surface area contributed by atoms with Crippen LogP contribution in [0, 0.1) is 23.7 Å². The second-order valence-electron chi connectivity index (χ2n) is 15.0. The average Bonchev–Trinajstić information content (AvgIpc) is 2.98. The van der Waals surface area contributed by atoms with Crippen molar-refractivity contribution in [2.24, 2.45) is 23.7 Å². The van der Waals surface area contributed by atoms with Crippen LogP contribution in [0.5, 0.6) is 0 Å². The maximum atomic E-state index is 16.6. The van der Waals surface area contributed by atoms with Crippen molar-refractivity contribution >= 4 is 11.9 Å². The molecule has 2 bridgehead atoms. The van der Waals surface area contributed by atoms with Crippen molar-refractivity contribution in [2.45, 2.75) is 128 Å². The van der Waals surface area contributed by atoms with E-state index >= 15 is 8.78 Å². The molecule has 0 radical (unpaired) electrons. The Bertz CT molecular complexity index is 1080. The summed E-state index contributed by atoms with van der Waals surface area (Å²) >= 11 is 0. The fourth-order valence-electron chi connectivity index (χ4n) is 9.72. The number of amides is 3. The predicted molar refractivity (Wildman–Crippen MR) is 167 cm³/mol. The molecule has 5 aliphatic heterocycles. The van der Waals surface area contributed by atoms with Crippen molar-refractivity contribution in [2.75, 3.05) is 32.7 Å². The zero-order chi connectivity index (χ0) is 31.3. The third-order valence-corrected chi connectivity index (χ3v) is 11.8. The van der Waals surface area contributed by atoms with Crippen molar-refractivity contribution < 1.29 is 18.4 Å². The number of urea groups is 1. The molecule has 6 rings (SSSR count). The molecule has 4 N–H and O–H groups in total. The summed E-state index contributed by atoms with van der Waals surface area (Å²) < 4.78 is 32.4. The highest BCUT2D eigenvalue weighted by molar-refractivity contribution is 5.92. The Balaban J connectivity index is 1.36. The number of hydrogen-bond donors (Lipinski definition) is 4. The van der Waals surface area contributed by atoms with Crippen molar-refractivity contribution in [3.63, 3.8) is 0 Å². The van der Waals surface area contributed by atoms with Crippen molar-refractivity contribution in [3.05, 3.63) is 12.2 Å². The molecule has 1 aliphatic carbocycles. The molecule has 11 heteroatoms. The third-order valence-electron chi connectivity index (χ3n) is 11.8. The van der Waals surface area contributed by atoms with Crippen LogP contribution in [0.4, 0.5) is 13.6 Å². The van der Waals surface area contributed by atoms with E-state index in [1.54, 1.807) is 6.92 Å². The Morgan fingerprint density at radius 2 is 1.80 bits per heavy atom. The van der Waals surface area contributed by atoms with Gasteiger partial charge in [0.2, 0.25) is 5.91 Å². The quantitative estimate of drug-likeness (QED) is 0.364. The molecule has 12 atom stereocenters. The van der Waals surface area contributed by atoms with Crippen molar-refractivity contribution in [1.29, 1.82) is 0 Å². The Labute approximate surface area is 262 Å². The van der Waals surface area contributed by atoms with E-state index < -0.39 is 30.5 Å². The molecule has 0 aromatic carbocycles. The lowest BCUT2D eigenvalue weighted by molar-refractivity contribution is -0.133. The lowest BCUT2D eigenvalue weighted by Crippen LogP contribution is -2.80. The number of carbonyl (C=O) groups excluding carboxylic acids is 2. The van der Waals surface area contributed by atoms with Gasteiger partial charge in [-0.25, -0.2) is 13.6 Å². The normalized spacial score (nSPS) is 43.7. The molecule has 12 unspecified atom stereocenters. The van der Waals surface area contributed by atoms with E-state index in [1.807, 2.05) is 9.80 Å². The van der Waals surface area contributed by atoms with Gasteiger partial charge in [-0.05, 0) is 83.7 Å². The Morgan fingerprint density at radius 3 is 2.52 bits per heavy atom. The highest BCUT2D eigenvalue weighted by Crippen LogP contribution is 2.43. The number of nitrogens with zero attached hydrogens (tertiary/aromatic N) is 3. The smallest absolute Gasteiger partial charge is 0.320 e. The van der Waals surface area contributed by atoms with Gasteiger partial charge in [0.1, 0.15) is 12.3 Å². The van der Waals surface area contributed by atoms with Crippen LogP contribution in [0.15, 0.2) is 12.2 Å². The van der Waals surface area contributed by atoms with Gasteiger partial charge in [-0.15, -0.1) is 0 Å². The fourth-order valence-corrected chi connectivity index (χ4v) is 9.72. The number of nitrogens with one attached hydrogen (secondary N) is 4. The minimum Gasteiger partial charge on any atom is -0.336 e. The number of piperazine rings is 1. The van der Waals surface area contributed by atoms with Gasteiger partial charge >= 0.3 is 6.03 Å². The molecule has 1 saturated carbocycles. The second-order valence-corrected chi connectivity index (χ2v) is 15.0. The van der Waals surface area contributed by atoms with E-state index in [0.29, 0.717) is 43.5 Å². The molecule has 44 heavy (non-hydrogen) atoms. The summed E-state index contributed by atoms with van der Waals surface area (Å²) in [6.45, 7) is 15.4. The minimum absolute atomic E-state index is 0.0272. The Morgan fingerprint density at radius 1 is 1.00 bits per heavy atom. The predicted octanol–water partition coefficient (Wildman–Crippen LogP) is 2.98.